The van der Waals surface area contributed by atoms with Crippen molar-refractivity contribution in [2.24, 2.45) is 0 Å². The van der Waals surface area contributed by atoms with E-state index in [0.717, 1.165) is 36.4 Å². The number of halogens is 3. The molecule has 0 unspecified atom stereocenters. The molecule has 0 aliphatic heterocycles. The molecule has 14 heteroatoms. The van der Waals surface area contributed by atoms with E-state index in [0.29, 0.717) is 11.1 Å². The van der Waals surface area contributed by atoms with Crippen LogP contribution in [0.1, 0.15) is 15.9 Å². The van der Waals surface area contributed by atoms with E-state index in [9.17, 15) is 22.0 Å². The van der Waals surface area contributed by atoms with Crippen LogP contribution in [0.3, 0.4) is 0 Å². The fraction of sp³-hybridized carbons (Fsp3) is 0.0769. The number of fused-ring (bicyclic) bond motifs is 1. The van der Waals surface area contributed by atoms with Crippen molar-refractivity contribution >= 4 is 32.5 Å². The van der Waals surface area contributed by atoms with Gasteiger partial charge in [0.05, 0.1) is 35.9 Å². The standard InChI is InChI=1S/C26H18F3N5O5S/c1-38-25-17(11-32-26(33-25)39-2)13-8-16-18(12-31-24(16)30-10-13)23(35)21-19(28)6-7-20(22(21)29)34-40(36,37)15-5-3-4-14(27)9-15/h3-12,34H,1-2H3,(H,30,31). The highest BCUT2D eigenvalue weighted by atomic mass is 32.2. The third kappa shape index (κ3) is 4.80. The maximum atomic E-state index is 15.5. The van der Waals surface area contributed by atoms with E-state index in [1.807, 2.05) is 4.72 Å². The number of aromatic nitrogens is 4. The molecular formula is C26H18F3N5O5S. The number of methoxy groups -OCH3 is 2. The predicted octanol–water partition coefficient (Wildman–Crippen LogP) is 4.49. The number of anilines is 1. The fourth-order valence-electron chi connectivity index (χ4n) is 3.95. The third-order valence-corrected chi connectivity index (χ3v) is 7.23. The van der Waals surface area contributed by atoms with E-state index < -0.39 is 49.4 Å². The molecule has 0 aliphatic rings. The molecule has 10 nitrogen and oxygen atoms in total. The van der Waals surface area contributed by atoms with Gasteiger partial charge in [0.25, 0.3) is 10.0 Å². The zero-order valence-electron chi connectivity index (χ0n) is 20.7. The summed E-state index contributed by atoms with van der Waals surface area (Å²) in [7, 11) is -1.68. The van der Waals surface area contributed by atoms with Crippen LogP contribution in [-0.2, 0) is 10.0 Å². The minimum atomic E-state index is -4.46. The molecule has 204 valence electrons. The first-order chi connectivity index (χ1) is 19.1. The van der Waals surface area contributed by atoms with Crippen LogP contribution in [0.4, 0.5) is 18.9 Å². The average Bonchev–Trinajstić information content (AvgIpc) is 3.37. The second kappa shape index (κ2) is 10.3. The molecule has 3 heterocycles. The highest BCUT2D eigenvalue weighted by molar-refractivity contribution is 7.92. The molecule has 0 atom stereocenters. The summed E-state index contributed by atoms with van der Waals surface area (Å²) in [6.07, 6.45) is 4.12. The van der Waals surface area contributed by atoms with Crippen molar-refractivity contribution in [1.29, 1.82) is 0 Å². The maximum Gasteiger partial charge on any atom is 0.319 e. The third-order valence-electron chi connectivity index (χ3n) is 5.86. The quantitative estimate of drug-likeness (QED) is 0.261. The van der Waals surface area contributed by atoms with Gasteiger partial charge in [-0.2, -0.15) is 4.98 Å². The SMILES string of the molecule is COc1ncc(-c2cnc3[nH]cc(C(=O)c4c(F)ccc(NS(=O)(=O)c5cccc(F)c5)c4F)c3c2)c(OC)n1. The van der Waals surface area contributed by atoms with Gasteiger partial charge in [-0.1, -0.05) is 6.07 Å². The minimum absolute atomic E-state index is 0.0611. The van der Waals surface area contributed by atoms with Gasteiger partial charge in [0.15, 0.2) is 5.82 Å². The topological polar surface area (TPSA) is 136 Å². The Morgan fingerprint density at radius 3 is 2.52 bits per heavy atom. The number of nitrogens with one attached hydrogen (secondary N) is 2. The molecule has 2 N–H and O–H groups in total. The maximum absolute atomic E-state index is 15.5. The molecule has 3 aromatic heterocycles. The molecule has 40 heavy (non-hydrogen) atoms. The van der Waals surface area contributed by atoms with E-state index in [4.69, 9.17) is 9.47 Å². The van der Waals surface area contributed by atoms with Crippen molar-refractivity contribution in [3.8, 4) is 23.0 Å². The van der Waals surface area contributed by atoms with Crippen molar-refractivity contribution in [2.75, 3.05) is 18.9 Å². The Labute approximate surface area is 224 Å². The van der Waals surface area contributed by atoms with E-state index in [2.05, 4.69) is 19.9 Å². The minimum Gasteiger partial charge on any atom is -0.480 e. The lowest BCUT2D eigenvalue weighted by molar-refractivity contribution is 0.103. The Morgan fingerprint density at radius 1 is 1.00 bits per heavy atom. The average molecular weight is 570 g/mol. The molecule has 0 spiro atoms. The van der Waals surface area contributed by atoms with Crippen LogP contribution in [0.2, 0.25) is 0 Å². The summed E-state index contributed by atoms with van der Waals surface area (Å²) in [5.74, 6) is -4.42. The molecular weight excluding hydrogens is 551 g/mol. The fourth-order valence-corrected chi connectivity index (χ4v) is 5.04. The molecule has 0 aliphatic carbocycles. The Balaban J connectivity index is 1.56. The van der Waals surface area contributed by atoms with Gasteiger partial charge < -0.3 is 14.5 Å². The summed E-state index contributed by atoms with van der Waals surface area (Å²) in [5, 5.41) is 0.213. The monoisotopic (exact) mass is 569 g/mol. The van der Waals surface area contributed by atoms with Crippen LogP contribution in [-0.4, -0.2) is 48.4 Å². The number of pyridine rings is 1. The second-order valence-corrected chi connectivity index (χ2v) is 9.96. The van der Waals surface area contributed by atoms with Crippen LogP contribution < -0.4 is 14.2 Å². The summed E-state index contributed by atoms with van der Waals surface area (Å²) < 4.78 is 81.5. The number of nitrogens with zero attached hydrogens (tertiary/aromatic N) is 3. The van der Waals surface area contributed by atoms with Crippen LogP contribution in [0, 0.1) is 17.5 Å². The summed E-state index contributed by atoms with van der Waals surface area (Å²) in [6.45, 7) is 0. The van der Waals surface area contributed by atoms with E-state index >= 15 is 4.39 Å². The number of hydrogen-bond donors (Lipinski definition) is 2. The lowest BCUT2D eigenvalue weighted by Gasteiger charge is -2.12. The molecule has 0 bridgehead atoms. The van der Waals surface area contributed by atoms with Crippen molar-refractivity contribution in [3.63, 3.8) is 0 Å². The highest BCUT2D eigenvalue weighted by Gasteiger charge is 2.27. The Kier molecular flexibility index (Phi) is 6.85. The van der Waals surface area contributed by atoms with E-state index in [1.165, 1.54) is 38.9 Å². The van der Waals surface area contributed by atoms with Crippen LogP contribution in [0.25, 0.3) is 22.2 Å². The number of sulfonamides is 1. The Hall–Kier alpha value is -4.98. The predicted molar refractivity (Wildman–Crippen MR) is 137 cm³/mol. The number of ketones is 1. The molecule has 5 rings (SSSR count). The largest absolute Gasteiger partial charge is 0.480 e. The summed E-state index contributed by atoms with van der Waals surface area (Å²) in [5.41, 5.74) is -0.768. The number of carbonyl (C=O) groups excluding carboxylic acids is 1. The zero-order valence-corrected chi connectivity index (χ0v) is 21.5. The first-order valence-electron chi connectivity index (χ1n) is 11.4. The molecule has 2 aromatic carbocycles. The van der Waals surface area contributed by atoms with Gasteiger partial charge in [-0.15, -0.1) is 0 Å². The van der Waals surface area contributed by atoms with Gasteiger partial charge in [0, 0.05) is 35.1 Å². The molecule has 0 amide bonds. The lowest BCUT2D eigenvalue weighted by Crippen LogP contribution is -2.16. The van der Waals surface area contributed by atoms with Gasteiger partial charge in [-0.25, -0.2) is 31.6 Å². The summed E-state index contributed by atoms with van der Waals surface area (Å²) in [6, 6.07) is 7.19. The molecule has 5 aromatic rings. The second-order valence-electron chi connectivity index (χ2n) is 8.28. The molecule has 0 fully saturated rings. The summed E-state index contributed by atoms with van der Waals surface area (Å²) >= 11 is 0. The smallest absolute Gasteiger partial charge is 0.319 e. The van der Waals surface area contributed by atoms with Crippen molar-refractivity contribution in [1.82, 2.24) is 19.9 Å². The number of hydrogen-bond acceptors (Lipinski definition) is 8. The lowest BCUT2D eigenvalue weighted by atomic mass is 10.0. The number of aromatic amines is 1. The summed E-state index contributed by atoms with van der Waals surface area (Å²) in [4.78, 5) is 28.1. The number of carbonyl (C=O) groups is 1. The van der Waals surface area contributed by atoms with Crippen LogP contribution in [0.5, 0.6) is 11.9 Å². The van der Waals surface area contributed by atoms with Crippen molar-refractivity contribution in [2.45, 2.75) is 4.90 Å². The number of rotatable bonds is 8. The van der Waals surface area contributed by atoms with Gasteiger partial charge in [-0.3, -0.25) is 9.52 Å². The van der Waals surface area contributed by atoms with Crippen molar-refractivity contribution < 1.29 is 35.9 Å². The molecule has 0 saturated carbocycles. The highest BCUT2D eigenvalue weighted by Crippen LogP contribution is 2.33. The Morgan fingerprint density at radius 2 is 1.80 bits per heavy atom. The van der Waals surface area contributed by atoms with Gasteiger partial charge in [-0.05, 0) is 36.4 Å². The number of ether oxygens (including phenoxy) is 2. The van der Waals surface area contributed by atoms with Crippen LogP contribution in [0.15, 0.2) is 66.0 Å². The Bertz CT molecular complexity index is 1900. The number of H-pyrrole nitrogens is 1. The van der Waals surface area contributed by atoms with Gasteiger partial charge in [0.1, 0.15) is 17.3 Å². The van der Waals surface area contributed by atoms with Crippen LogP contribution >= 0.6 is 0 Å². The van der Waals surface area contributed by atoms with E-state index in [1.54, 1.807) is 0 Å². The first kappa shape index (κ1) is 26.6. The van der Waals surface area contributed by atoms with E-state index in [-0.39, 0.29) is 28.5 Å². The molecule has 0 radical (unpaired) electrons. The number of benzene rings is 2. The van der Waals surface area contributed by atoms with Gasteiger partial charge in [0.2, 0.25) is 11.7 Å². The van der Waals surface area contributed by atoms with Gasteiger partial charge >= 0.3 is 6.01 Å². The van der Waals surface area contributed by atoms with Crippen molar-refractivity contribution in [3.05, 3.63) is 89.6 Å². The first-order valence-corrected chi connectivity index (χ1v) is 12.8. The molecule has 0 saturated heterocycles. The zero-order chi connectivity index (χ0) is 28.6. The normalized spacial score (nSPS) is 11.4.